The molecule has 0 heterocycles. The van der Waals surface area contributed by atoms with E-state index in [2.05, 4.69) is 17.9 Å². The molecule has 0 rings (SSSR count). The van der Waals surface area contributed by atoms with Crippen molar-refractivity contribution in [3.8, 4) is 0 Å². The van der Waals surface area contributed by atoms with Gasteiger partial charge in [0, 0.05) is 12.2 Å². The maximum absolute atomic E-state index is 10.9. The fourth-order valence-corrected chi connectivity index (χ4v) is 0.927. The van der Waals surface area contributed by atoms with Crippen LogP contribution in [0.2, 0.25) is 0 Å². The van der Waals surface area contributed by atoms with Gasteiger partial charge in [-0.05, 0) is 6.42 Å². The summed E-state index contributed by atoms with van der Waals surface area (Å²) in [4.78, 5) is 21.3. The Bertz CT molecular complexity index is 172. The lowest BCUT2D eigenvalue weighted by Crippen LogP contribution is -2.41. The van der Waals surface area contributed by atoms with E-state index < -0.39 is 12.0 Å². The Labute approximate surface area is 76.8 Å². The SMILES string of the molecule is CCCC(=O)N[C@H](CS)C(=O)O. The summed E-state index contributed by atoms with van der Waals surface area (Å²) in [5, 5.41) is 10.9. The van der Waals surface area contributed by atoms with Gasteiger partial charge in [0.2, 0.25) is 5.91 Å². The van der Waals surface area contributed by atoms with E-state index in [9.17, 15) is 9.59 Å². The number of aliphatic carboxylic acids is 1. The standard InChI is InChI=1S/C7H13NO3S/c1-2-3-6(9)8-5(4-12)7(10)11/h5,12H,2-4H2,1H3,(H,8,9)(H,10,11)/t5-/m1/s1. The summed E-state index contributed by atoms with van der Waals surface area (Å²) in [6.45, 7) is 1.86. The number of rotatable bonds is 5. The van der Waals surface area contributed by atoms with E-state index in [1.165, 1.54) is 0 Å². The largest absolute Gasteiger partial charge is 0.480 e. The van der Waals surface area contributed by atoms with Gasteiger partial charge >= 0.3 is 5.97 Å². The highest BCUT2D eigenvalue weighted by atomic mass is 32.1. The van der Waals surface area contributed by atoms with Crippen LogP contribution >= 0.6 is 12.6 Å². The molecule has 12 heavy (non-hydrogen) atoms. The molecule has 0 aliphatic carbocycles. The molecule has 1 atom stereocenters. The minimum Gasteiger partial charge on any atom is -0.480 e. The second-order valence-electron chi connectivity index (χ2n) is 2.39. The lowest BCUT2D eigenvalue weighted by Gasteiger charge is -2.10. The zero-order chi connectivity index (χ0) is 9.56. The number of thiol groups is 1. The van der Waals surface area contributed by atoms with Crippen LogP contribution in [-0.2, 0) is 9.59 Å². The molecule has 0 radical (unpaired) electrons. The zero-order valence-corrected chi connectivity index (χ0v) is 7.80. The van der Waals surface area contributed by atoms with Gasteiger partial charge in [-0.2, -0.15) is 12.6 Å². The number of carbonyl (C=O) groups is 2. The Morgan fingerprint density at radius 3 is 2.50 bits per heavy atom. The summed E-state index contributed by atoms with van der Waals surface area (Å²) in [6, 6.07) is -0.868. The first-order valence-electron chi connectivity index (χ1n) is 3.74. The molecule has 0 unspecified atom stereocenters. The molecular weight excluding hydrogens is 178 g/mol. The minimum absolute atomic E-state index is 0.116. The van der Waals surface area contributed by atoms with Crippen LogP contribution in [0, 0.1) is 0 Å². The summed E-state index contributed by atoms with van der Waals surface area (Å²) >= 11 is 3.80. The van der Waals surface area contributed by atoms with Crippen molar-refractivity contribution in [2.45, 2.75) is 25.8 Å². The summed E-state index contributed by atoms with van der Waals surface area (Å²) < 4.78 is 0. The highest BCUT2D eigenvalue weighted by Gasteiger charge is 2.16. The molecule has 0 spiro atoms. The van der Waals surface area contributed by atoms with Crippen LogP contribution in [0.5, 0.6) is 0 Å². The third kappa shape index (κ3) is 4.23. The van der Waals surface area contributed by atoms with E-state index >= 15 is 0 Å². The Balaban J connectivity index is 3.85. The van der Waals surface area contributed by atoms with E-state index in [-0.39, 0.29) is 11.7 Å². The number of carbonyl (C=O) groups excluding carboxylic acids is 1. The summed E-state index contributed by atoms with van der Waals surface area (Å²) in [5.41, 5.74) is 0. The van der Waals surface area contributed by atoms with Crippen LogP contribution in [0.4, 0.5) is 0 Å². The predicted molar refractivity (Wildman–Crippen MR) is 48.3 cm³/mol. The third-order valence-electron chi connectivity index (χ3n) is 1.29. The number of carboxylic acid groups (broad SMARTS) is 1. The Kier molecular flexibility index (Phi) is 5.53. The fraction of sp³-hybridized carbons (Fsp3) is 0.714. The highest BCUT2D eigenvalue weighted by molar-refractivity contribution is 7.80. The minimum atomic E-state index is -1.05. The number of hydrogen-bond acceptors (Lipinski definition) is 3. The fourth-order valence-electron chi connectivity index (χ4n) is 0.679. The lowest BCUT2D eigenvalue weighted by molar-refractivity contribution is -0.141. The molecule has 0 saturated carbocycles. The van der Waals surface area contributed by atoms with Gasteiger partial charge in [0.25, 0.3) is 0 Å². The molecule has 0 aliphatic heterocycles. The maximum atomic E-state index is 10.9. The molecule has 0 aromatic heterocycles. The Morgan fingerprint density at radius 1 is 1.58 bits per heavy atom. The maximum Gasteiger partial charge on any atom is 0.327 e. The number of nitrogens with one attached hydrogen (secondary N) is 1. The van der Waals surface area contributed by atoms with Crippen molar-refractivity contribution in [3.05, 3.63) is 0 Å². The van der Waals surface area contributed by atoms with Crippen molar-refractivity contribution < 1.29 is 14.7 Å². The molecule has 0 fully saturated rings. The van der Waals surface area contributed by atoms with Crippen molar-refractivity contribution in [3.63, 3.8) is 0 Å². The van der Waals surface area contributed by atoms with Crippen LogP contribution in [-0.4, -0.2) is 28.8 Å². The summed E-state index contributed by atoms with van der Waals surface area (Å²) in [7, 11) is 0. The average Bonchev–Trinajstić information content (AvgIpc) is 2.00. The van der Waals surface area contributed by atoms with Gasteiger partial charge in [-0.1, -0.05) is 6.92 Å². The first-order valence-corrected chi connectivity index (χ1v) is 4.38. The summed E-state index contributed by atoms with van der Waals surface area (Å²) in [5.74, 6) is -1.17. The molecule has 1 amide bonds. The third-order valence-corrected chi connectivity index (χ3v) is 1.66. The van der Waals surface area contributed by atoms with Crippen LogP contribution in [0.3, 0.4) is 0 Å². The molecule has 0 aliphatic rings. The van der Waals surface area contributed by atoms with E-state index in [1.807, 2.05) is 6.92 Å². The predicted octanol–water partition coefficient (Wildman–Crippen LogP) is 0.286. The molecule has 0 aromatic rings. The molecule has 0 saturated heterocycles. The van der Waals surface area contributed by atoms with Gasteiger partial charge in [-0.15, -0.1) is 0 Å². The van der Waals surface area contributed by atoms with E-state index in [1.54, 1.807) is 0 Å². The number of carboxylic acids is 1. The molecule has 70 valence electrons. The van der Waals surface area contributed by atoms with Crippen molar-refractivity contribution in [1.82, 2.24) is 5.32 Å². The normalized spacial score (nSPS) is 12.2. The summed E-state index contributed by atoms with van der Waals surface area (Å²) in [6.07, 6.45) is 1.07. The van der Waals surface area contributed by atoms with Crippen LogP contribution in [0.25, 0.3) is 0 Å². The molecule has 2 N–H and O–H groups in total. The first-order chi connectivity index (χ1) is 5.61. The number of amides is 1. The van der Waals surface area contributed by atoms with Gasteiger partial charge in [0.15, 0.2) is 0 Å². The zero-order valence-electron chi connectivity index (χ0n) is 6.91. The monoisotopic (exact) mass is 191 g/mol. The van der Waals surface area contributed by atoms with Crippen molar-refractivity contribution in [2.24, 2.45) is 0 Å². The highest BCUT2D eigenvalue weighted by Crippen LogP contribution is 1.92. The van der Waals surface area contributed by atoms with Gasteiger partial charge < -0.3 is 10.4 Å². The smallest absolute Gasteiger partial charge is 0.327 e. The van der Waals surface area contributed by atoms with E-state index in [0.717, 1.165) is 0 Å². The number of hydrogen-bond donors (Lipinski definition) is 3. The molecule has 0 bridgehead atoms. The van der Waals surface area contributed by atoms with Gasteiger partial charge in [-0.25, -0.2) is 4.79 Å². The van der Waals surface area contributed by atoms with Crippen LogP contribution < -0.4 is 5.32 Å². The topological polar surface area (TPSA) is 66.4 Å². The average molecular weight is 191 g/mol. The molecule has 4 nitrogen and oxygen atoms in total. The molecular formula is C7H13NO3S. The van der Waals surface area contributed by atoms with Gasteiger partial charge in [-0.3, -0.25) is 4.79 Å². The van der Waals surface area contributed by atoms with E-state index in [0.29, 0.717) is 12.8 Å². The van der Waals surface area contributed by atoms with Crippen molar-refractivity contribution in [2.75, 3.05) is 5.75 Å². The lowest BCUT2D eigenvalue weighted by atomic mass is 10.3. The second-order valence-corrected chi connectivity index (χ2v) is 2.76. The van der Waals surface area contributed by atoms with Gasteiger partial charge in [0.05, 0.1) is 0 Å². The van der Waals surface area contributed by atoms with Crippen molar-refractivity contribution in [1.29, 1.82) is 0 Å². The van der Waals surface area contributed by atoms with Gasteiger partial charge in [0.1, 0.15) is 6.04 Å². The Morgan fingerprint density at radius 2 is 2.17 bits per heavy atom. The second kappa shape index (κ2) is 5.88. The van der Waals surface area contributed by atoms with Crippen LogP contribution in [0.15, 0.2) is 0 Å². The Hall–Kier alpha value is -0.710. The molecule has 0 aromatic carbocycles. The molecule has 5 heteroatoms. The first kappa shape index (κ1) is 11.3. The van der Waals surface area contributed by atoms with Crippen LogP contribution in [0.1, 0.15) is 19.8 Å². The van der Waals surface area contributed by atoms with Crippen molar-refractivity contribution >= 4 is 24.5 Å². The quantitative estimate of drug-likeness (QED) is 0.547. The van der Waals surface area contributed by atoms with E-state index in [4.69, 9.17) is 5.11 Å².